The Morgan fingerprint density at radius 1 is 1.28 bits per heavy atom. The molecule has 3 nitrogen and oxygen atoms in total. The van der Waals surface area contributed by atoms with E-state index in [1.807, 2.05) is 45.0 Å². The van der Waals surface area contributed by atoms with Gasteiger partial charge in [-0.2, -0.15) is 0 Å². The third-order valence-corrected chi connectivity index (χ3v) is 3.72. The summed E-state index contributed by atoms with van der Waals surface area (Å²) in [6, 6.07) is 7.85. The molecule has 1 aromatic carbocycles. The van der Waals surface area contributed by atoms with Crippen molar-refractivity contribution in [1.29, 1.82) is 0 Å². The van der Waals surface area contributed by atoms with Gasteiger partial charge in [-0.15, -0.1) is 0 Å². The number of aryl methyl sites for hydroxylation is 2. The Balaban J connectivity index is 2.10. The SMILES string of the molecule is CC[C@H](O)c1ccc(Sc2nc(C)c(C)o2)cc1. The minimum Gasteiger partial charge on any atom is -0.436 e. The second kappa shape index (κ2) is 5.59. The Labute approximate surface area is 111 Å². The van der Waals surface area contributed by atoms with Gasteiger partial charge in [-0.3, -0.25) is 0 Å². The lowest BCUT2D eigenvalue weighted by atomic mass is 10.1. The van der Waals surface area contributed by atoms with Crippen molar-refractivity contribution in [3.05, 3.63) is 41.3 Å². The first-order valence-corrected chi connectivity index (χ1v) is 6.81. The van der Waals surface area contributed by atoms with Gasteiger partial charge in [-0.05, 0) is 49.7 Å². The van der Waals surface area contributed by atoms with Gasteiger partial charge < -0.3 is 9.52 Å². The monoisotopic (exact) mass is 263 g/mol. The van der Waals surface area contributed by atoms with Crippen LogP contribution in [-0.4, -0.2) is 10.1 Å². The zero-order chi connectivity index (χ0) is 13.1. The summed E-state index contributed by atoms with van der Waals surface area (Å²) in [5.41, 5.74) is 1.87. The first-order chi connectivity index (χ1) is 8.60. The van der Waals surface area contributed by atoms with Crippen LogP contribution in [0.15, 0.2) is 38.8 Å². The normalized spacial score (nSPS) is 12.7. The fourth-order valence-corrected chi connectivity index (χ4v) is 2.40. The second-order valence-corrected chi connectivity index (χ2v) is 5.24. The summed E-state index contributed by atoms with van der Waals surface area (Å²) in [6.45, 7) is 5.81. The zero-order valence-corrected chi connectivity index (χ0v) is 11.6. The van der Waals surface area contributed by atoms with E-state index in [4.69, 9.17) is 4.42 Å². The smallest absolute Gasteiger partial charge is 0.260 e. The van der Waals surface area contributed by atoms with Crippen LogP contribution in [0.25, 0.3) is 0 Å². The highest BCUT2D eigenvalue weighted by Crippen LogP contribution is 2.29. The van der Waals surface area contributed by atoms with Crippen LogP contribution in [0.4, 0.5) is 0 Å². The highest BCUT2D eigenvalue weighted by atomic mass is 32.2. The van der Waals surface area contributed by atoms with Crippen molar-refractivity contribution in [2.45, 2.75) is 43.4 Å². The highest BCUT2D eigenvalue weighted by molar-refractivity contribution is 7.99. The van der Waals surface area contributed by atoms with Crippen LogP contribution in [0, 0.1) is 13.8 Å². The third kappa shape index (κ3) is 2.94. The molecule has 1 aromatic heterocycles. The van der Waals surface area contributed by atoms with Crippen molar-refractivity contribution < 1.29 is 9.52 Å². The van der Waals surface area contributed by atoms with E-state index in [9.17, 15) is 5.11 Å². The average molecular weight is 263 g/mol. The summed E-state index contributed by atoms with van der Waals surface area (Å²) >= 11 is 1.49. The van der Waals surface area contributed by atoms with Crippen molar-refractivity contribution in [3.8, 4) is 0 Å². The van der Waals surface area contributed by atoms with Gasteiger partial charge in [0.15, 0.2) is 0 Å². The minimum atomic E-state index is -0.379. The minimum absolute atomic E-state index is 0.379. The van der Waals surface area contributed by atoms with E-state index in [0.29, 0.717) is 5.22 Å². The summed E-state index contributed by atoms with van der Waals surface area (Å²) in [6.07, 6.45) is 0.347. The number of aromatic nitrogens is 1. The number of aliphatic hydroxyl groups excluding tert-OH is 1. The molecule has 2 rings (SSSR count). The second-order valence-electron chi connectivity index (χ2n) is 4.22. The molecular formula is C14H17NO2S. The molecule has 1 N–H and O–H groups in total. The first-order valence-electron chi connectivity index (χ1n) is 6.00. The van der Waals surface area contributed by atoms with Gasteiger partial charge >= 0.3 is 0 Å². The Bertz CT molecular complexity index is 500. The lowest BCUT2D eigenvalue weighted by Crippen LogP contribution is -1.93. The van der Waals surface area contributed by atoms with E-state index < -0.39 is 0 Å². The van der Waals surface area contributed by atoms with Gasteiger partial charge in [-0.25, -0.2) is 4.98 Å². The molecule has 0 fully saturated rings. The van der Waals surface area contributed by atoms with Crippen LogP contribution in [0.1, 0.15) is 36.5 Å². The maximum absolute atomic E-state index is 9.71. The van der Waals surface area contributed by atoms with Crippen molar-refractivity contribution in [3.63, 3.8) is 0 Å². The molecule has 0 amide bonds. The van der Waals surface area contributed by atoms with Crippen LogP contribution < -0.4 is 0 Å². The standard InChI is InChI=1S/C14H17NO2S/c1-4-13(16)11-5-7-12(8-6-11)18-14-15-9(2)10(3)17-14/h5-8,13,16H,4H2,1-3H3/t13-/m0/s1. The van der Waals surface area contributed by atoms with Gasteiger partial charge in [0.1, 0.15) is 5.76 Å². The number of hydrogen-bond acceptors (Lipinski definition) is 4. The van der Waals surface area contributed by atoms with Gasteiger partial charge in [-0.1, -0.05) is 19.1 Å². The molecular weight excluding hydrogens is 246 g/mol. The van der Waals surface area contributed by atoms with Gasteiger partial charge in [0, 0.05) is 4.90 Å². The Morgan fingerprint density at radius 3 is 2.44 bits per heavy atom. The van der Waals surface area contributed by atoms with E-state index >= 15 is 0 Å². The Kier molecular flexibility index (Phi) is 4.09. The lowest BCUT2D eigenvalue weighted by Gasteiger charge is -2.07. The Hall–Kier alpha value is -1.26. The molecule has 0 radical (unpaired) electrons. The summed E-state index contributed by atoms with van der Waals surface area (Å²) < 4.78 is 5.52. The van der Waals surface area contributed by atoms with Crippen LogP contribution in [-0.2, 0) is 0 Å². The molecule has 2 aromatic rings. The summed E-state index contributed by atoms with van der Waals surface area (Å²) in [5, 5.41) is 10.4. The van der Waals surface area contributed by atoms with Crippen LogP contribution in [0.2, 0.25) is 0 Å². The third-order valence-electron chi connectivity index (χ3n) is 2.87. The predicted molar refractivity (Wildman–Crippen MR) is 71.8 cm³/mol. The molecule has 1 atom stereocenters. The topological polar surface area (TPSA) is 46.3 Å². The molecule has 0 spiro atoms. The summed E-state index contributed by atoms with van der Waals surface area (Å²) in [5.74, 6) is 0.857. The van der Waals surface area contributed by atoms with Crippen molar-refractivity contribution in [1.82, 2.24) is 4.98 Å². The number of benzene rings is 1. The van der Waals surface area contributed by atoms with Gasteiger partial charge in [0.2, 0.25) is 0 Å². The van der Waals surface area contributed by atoms with Crippen LogP contribution >= 0.6 is 11.8 Å². The molecule has 0 aliphatic rings. The Morgan fingerprint density at radius 2 is 1.94 bits per heavy atom. The maximum atomic E-state index is 9.71. The molecule has 0 unspecified atom stereocenters. The molecule has 0 aliphatic heterocycles. The van der Waals surface area contributed by atoms with E-state index in [0.717, 1.165) is 28.3 Å². The number of aliphatic hydroxyl groups is 1. The van der Waals surface area contributed by atoms with Crippen LogP contribution in [0.3, 0.4) is 0 Å². The quantitative estimate of drug-likeness (QED) is 0.909. The van der Waals surface area contributed by atoms with Crippen molar-refractivity contribution >= 4 is 11.8 Å². The summed E-state index contributed by atoms with van der Waals surface area (Å²) in [4.78, 5) is 5.38. The fraction of sp³-hybridized carbons (Fsp3) is 0.357. The molecule has 4 heteroatoms. The molecule has 0 bridgehead atoms. The maximum Gasteiger partial charge on any atom is 0.260 e. The zero-order valence-electron chi connectivity index (χ0n) is 10.8. The fourth-order valence-electron chi connectivity index (χ4n) is 1.58. The largest absolute Gasteiger partial charge is 0.436 e. The molecule has 0 saturated carbocycles. The molecule has 0 aliphatic carbocycles. The molecule has 0 saturated heterocycles. The van der Waals surface area contributed by atoms with Crippen molar-refractivity contribution in [2.75, 3.05) is 0 Å². The molecule has 1 heterocycles. The first kappa shape index (κ1) is 13.2. The lowest BCUT2D eigenvalue weighted by molar-refractivity contribution is 0.173. The number of oxazole rings is 1. The molecule has 18 heavy (non-hydrogen) atoms. The van der Waals surface area contributed by atoms with E-state index in [2.05, 4.69) is 4.98 Å². The number of nitrogens with zero attached hydrogens (tertiary/aromatic N) is 1. The highest BCUT2D eigenvalue weighted by Gasteiger charge is 2.08. The van der Waals surface area contributed by atoms with Crippen LogP contribution in [0.5, 0.6) is 0 Å². The molecule has 96 valence electrons. The predicted octanol–water partition coefficient (Wildman–Crippen LogP) is 3.89. The summed E-state index contributed by atoms with van der Waals surface area (Å²) in [7, 11) is 0. The van der Waals surface area contributed by atoms with E-state index in [1.54, 1.807) is 0 Å². The van der Waals surface area contributed by atoms with Gasteiger partial charge in [0.05, 0.1) is 11.8 Å². The number of rotatable bonds is 4. The average Bonchev–Trinajstić information content (AvgIpc) is 2.68. The van der Waals surface area contributed by atoms with E-state index in [1.165, 1.54) is 11.8 Å². The number of hydrogen-bond donors (Lipinski definition) is 1. The van der Waals surface area contributed by atoms with Gasteiger partial charge in [0.25, 0.3) is 5.22 Å². The van der Waals surface area contributed by atoms with Crippen molar-refractivity contribution in [2.24, 2.45) is 0 Å². The van der Waals surface area contributed by atoms with E-state index in [-0.39, 0.29) is 6.10 Å².